The molecule has 1 saturated carbocycles. The van der Waals surface area contributed by atoms with Gasteiger partial charge in [-0.1, -0.05) is 19.4 Å². The van der Waals surface area contributed by atoms with Crippen molar-refractivity contribution in [1.82, 2.24) is 5.06 Å². The van der Waals surface area contributed by atoms with Gasteiger partial charge < -0.3 is 4.74 Å². The summed E-state index contributed by atoms with van der Waals surface area (Å²) in [6, 6.07) is 0. The predicted octanol–water partition coefficient (Wildman–Crippen LogP) is 1.60. The molecule has 2 fully saturated rings. The fourth-order valence-corrected chi connectivity index (χ4v) is 2.85. The second kappa shape index (κ2) is 6.85. The molecule has 6 heteroatoms. The minimum atomic E-state index is -0.499. The Morgan fingerprint density at radius 2 is 1.90 bits per heavy atom. The van der Waals surface area contributed by atoms with Crippen molar-refractivity contribution in [3.8, 4) is 0 Å². The van der Waals surface area contributed by atoms with Gasteiger partial charge in [-0.25, -0.2) is 4.79 Å². The number of amides is 2. The number of hydrogen-bond donors (Lipinski definition) is 0. The first-order valence-electron chi connectivity index (χ1n) is 7.38. The monoisotopic (exact) mass is 295 g/mol. The van der Waals surface area contributed by atoms with Crippen molar-refractivity contribution in [1.29, 1.82) is 0 Å². The number of ether oxygens (including phenoxy) is 1. The van der Waals surface area contributed by atoms with E-state index in [1.807, 2.05) is 0 Å². The molecule has 0 aromatic rings. The first kappa shape index (κ1) is 15.7. The summed E-state index contributed by atoms with van der Waals surface area (Å²) in [5.41, 5.74) is 0. The van der Waals surface area contributed by atoms with E-state index in [2.05, 4.69) is 6.58 Å². The van der Waals surface area contributed by atoms with Crippen LogP contribution in [-0.4, -0.2) is 35.6 Å². The third kappa shape index (κ3) is 3.50. The molecule has 1 heterocycles. The molecule has 3 unspecified atom stereocenters. The Kier molecular flexibility index (Phi) is 5.12. The second-order valence-corrected chi connectivity index (χ2v) is 5.54. The molecular formula is C15H21NO5. The number of rotatable bonds is 6. The molecule has 3 atom stereocenters. The summed E-state index contributed by atoms with van der Waals surface area (Å²) in [6.07, 6.45) is 4.62. The highest BCUT2D eigenvalue weighted by atomic mass is 16.7. The van der Waals surface area contributed by atoms with Crippen molar-refractivity contribution in [2.75, 3.05) is 6.61 Å². The quantitative estimate of drug-likeness (QED) is 0.423. The maximum atomic E-state index is 12.2. The highest BCUT2D eigenvalue weighted by Crippen LogP contribution is 2.38. The number of carbonyl (C=O) groups is 3. The number of hydroxylamine groups is 2. The van der Waals surface area contributed by atoms with Crippen LogP contribution < -0.4 is 0 Å². The fourth-order valence-electron chi connectivity index (χ4n) is 2.85. The zero-order valence-electron chi connectivity index (χ0n) is 12.2. The summed E-state index contributed by atoms with van der Waals surface area (Å²) >= 11 is 0. The summed E-state index contributed by atoms with van der Waals surface area (Å²) in [7, 11) is 0. The Morgan fingerprint density at radius 3 is 2.43 bits per heavy atom. The topological polar surface area (TPSA) is 72.9 Å². The smallest absolute Gasteiger partial charge is 0.330 e. The molecule has 0 radical (unpaired) electrons. The lowest BCUT2D eigenvalue weighted by molar-refractivity contribution is -0.204. The van der Waals surface area contributed by atoms with Crippen LogP contribution in [0, 0.1) is 11.8 Å². The summed E-state index contributed by atoms with van der Waals surface area (Å²) in [4.78, 5) is 40.8. The van der Waals surface area contributed by atoms with Crippen LogP contribution in [0.25, 0.3) is 0 Å². The van der Waals surface area contributed by atoms with Gasteiger partial charge in [0.1, 0.15) is 0 Å². The SMILES string of the molecule is C=CC(=O)OCCC(C)ON1C(=O)C2CCCCC2C1=O. The van der Waals surface area contributed by atoms with E-state index in [1.165, 1.54) is 0 Å². The molecule has 0 N–H and O–H groups in total. The van der Waals surface area contributed by atoms with Crippen LogP contribution in [0.2, 0.25) is 0 Å². The molecule has 0 spiro atoms. The minimum Gasteiger partial charge on any atom is -0.462 e. The molecule has 0 aromatic carbocycles. The number of hydrogen-bond acceptors (Lipinski definition) is 5. The summed E-state index contributed by atoms with van der Waals surface area (Å²) in [5, 5.41) is 0.931. The predicted molar refractivity (Wildman–Crippen MR) is 73.6 cm³/mol. The van der Waals surface area contributed by atoms with E-state index >= 15 is 0 Å². The first-order valence-corrected chi connectivity index (χ1v) is 7.38. The van der Waals surface area contributed by atoms with Crippen molar-refractivity contribution in [2.45, 2.75) is 45.1 Å². The molecule has 0 bridgehead atoms. The van der Waals surface area contributed by atoms with Gasteiger partial charge in [0.15, 0.2) is 0 Å². The Bertz CT molecular complexity index is 423. The molecule has 21 heavy (non-hydrogen) atoms. The molecule has 2 aliphatic rings. The van der Waals surface area contributed by atoms with Crippen molar-refractivity contribution < 1.29 is 24.0 Å². The zero-order valence-corrected chi connectivity index (χ0v) is 12.2. The number of nitrogens with zero attached hydrogens (tertiary/aromatic N) is 1. The number of esters is 1. The third-order valence-electron chi connectivity index (χ3n) is 4.02. The average Bonchev–Trinajstić information content (AvgIpc) is 2.72. The molecule has 2 rings (SSSR count). The summed E-state index contributed by atoms with van der Waals surface area (Å²) in [5.74, 6) is -1.37. The number of imide groups is 1. The Morgan fingerprint density at radius 1 is 1.33 bits per heavy atom. The molecule has 6 nitrogen and oxygen atoms in total. The number of carbonyl (C=O) groups excluding carboxylic acids is 3. The van der Waals surface area contributed by atoms with Crippen LogP contribution in [-0.2, 0) is 24.0 Å². The van der Waals surface area contributed by atoms with Crippen molar-refractivity contribution in [2.24, 2.45) is 11.8 Å². The lowest BCUT2D eigenvalue weighted by atomic mass is 9.81. The highest BCUT2D eigenvalue weighted by Gasteiger charge is 2.49. The van der Waals surface area contributed by atoms with Crippen LogP contribution in [0.3, 0.4) is 0 Å². The van der Waals surface area contributed by atoms with Gasteiger partial charge in [0.25, 0.3) is 11.8 Å². The molecule has 0 aromatic heterocycles. The Balaban J connectivity index is 1.84. The Hall–Kier alpha value is -1.69. The molecule has 1 aliphatic carbocycles. The number of fused-ring (bicyclic) bond motifs is 1. The molecule has 116 valence electrons. The van der Waals surface area contributed by atoms with E-state index < -0.39 is 5.97 Å². The van der Waals surface area contributed by atoms with E-state index in [1.54, 1.807) is 6.92 Å². The van der Waals surface area contributed by atoms with Crippen LogP contribution in [0.4, 0.5) is 0 Å². The van der Waals surface area contributed by atoms with Crippen LogP contribution >= 0.6 is 0 Å². The second-order valence-electron chi connectivity index (χ2n) is 5.54. The van der Waals surface area contributed by atoms with E-state index in [0.717, 1.165) is 36.8 Å². The van der Waals surface area contributed by atoms with Crippen LogP contribution in [0.1, 0.15) is 39.0 Å². The van der Waals surface area contributed by atoms with Crippen molar-refractivity contribution in [3.63, 3.8) is 0 Å². The van der Waals surface area contributed by atoms with Gasteiger partial charge in [-0.05, 0) is 19.8 Å². The van der Waals surface area contributed by atoms with Gasteiger partial charge in [0, 0.05) is 12.5 Å². The Labute approximate surface area is 124 Å². The minimum absolute atomic E-state index is 0.162. The summed E-state index contributed by atoms with van der Waals surface area (Å²) < 4.78 is 4.85. The third-order valence-corrected chi connectivity index (χ3v) is 4.02. The van der Waals surface area contributed by atoms with Crippen molar-refractivity contribution >= 4 is 17.8 Å². The van der Waals surface area contributed by atoms with Crippen molar-refractivity contribution in [3.05, 3.63) is 12.7 Å². The molecule has 1 saturated heterocycles. The van der Waals surface area contributed by atoms with Gasteiger partial charge in [-0.15, -0.1) is 0 Å². The van der Waals surface area contributed by atoms with Gasteiger partial charge >= 0.3 is 5.97 Å². The molecule has 1 aliphatic heterocycles. The lowest BCUT2D eigenvalue weighted by Gasteiger charge is -2.19. The zero-order chi connectivity index (χ0) is 15.4. The normalized spacial score (nSPS) is 26.4. The fraction of sp³-hybridized carbons (Fsp3) is 0.667. The average molecular weight is 295 g/mol. The van der Waals surface area contributed by atoms with E-state index in [4.69, 9.17) is 9.57 Å². The molecular weight excluding hydrogens is 274 g/mol. The van der Waals surface area contributed by atoms with Gasteiger partial charge in [-0.3, -0.25) is 14.4 Å². The van der Waals surface area contributed by atoms with Crippen LogP contribution in [0.15, 0.2) is 12.7 Å². The van der Waals surface area contributed by atoms with Gasteiger partial charge in [0.05, 0.1) is 24.5 Å². The van der Waals surface area contributed by atoms with Gasteiger partial charge in [0.2, 0.25) is 0 Å². The highest BCUT2D eigenvalue weighted by molar-refractivity contribution is 6.04. The largest absolute Gasteiger partial charge is 0.462 e. The first-order chi connectivity index (χ1) is 10.0. The maximum absolute atomic E-state index is 12.2. The van der Waals surface area contributed by atoms with Crippen LogP contribution in [0.5, 0.6) is 0 Å². The van der Waals surface area contributed by atoms with E-state index in [-0.39, 0.29) is 36.4 Å². The molecule has 2 amide bonds. The van der Waals surface area contributed by atoms with E-state index in [0.29, 0.717) is 6.42 Å². The standard InChI is InChI=1S/C15H21NO5/c1-3-13(17)20-9-8-10(2)21-16-14(18)11-6-4-5-7-12(11)15(16)19/h3,10-12H,1,4-9H2,2H3. The van der Waals surface area contributed by atoms with Gasteiger partial charge in [-0.2, -0.15) is 5.06 Å². The lowest BCUT2D eigenvalue weighted by Crippen LogP contribution is -2.35. The summed E-state index contributed by atoms with van der Waals surface area (Å²) in [6.45, 7) is 5.20. The van der Waals surface area contributed by atoms with E-state index in [9.17, 15) is 14.4 Å². The maximum Gasteiger partial charge on any atom is 0.330 e.